The Bertz CT molecular complexity index is 429. The van der Waals surface area contributed by atoms with Crippen molar-refractivity contribution >= 4 is 11.6 Å². The molecule has 0 fully saturated rings. The average molecular weight is 290 g/mol. The summed E-state index contributed by atoms with van der Waals surface area (Å²) in [4.78, 5) is 11.8. The normalized spacial score (nSPS) is 10.6. The van der Waals surface area contributed by atoms with E-state index in [0.29, 0.717) is 13.0 Å². The van der Waals surface area contributed by atoms with E-state index in [4.69, 9.17) is 5.73 Å². The first-order valence-corrected chi connectivity index (χ1v) is 8.25. The Labute approximate surface area is 129 Å². The third-order valence-electron chi connectivity index (χ3n) is 3.97. The highest BCUT2D eigenvalue weighted by atomic mass is 16.1. The minimum Gasteiger partial charge on any atom is -0.399 e. The summed E-state index contributed by atoms with van der Waals surface area (Å²) in [5.41, 5.74) is 8.81. The zero-order valence-corrected chi connectivity index (χ0v) is 13.6. The molecule has 0 saturated carbocycles. The van der Waals surface area contributed by atoms with Gasteiger partial charge in [0.15, 0.2) is 0 Å². The zero-order valence-electron chi connectivity index (χ0n) is 13.6. The van der Waals surface area contributed by atoms with Crippen molar-refractivity contribution in [2.24, 2.45) is 0 Å². The van der Waals surface area contributed by atoms with Crippen LogP contribution in [-0.4, -0.2) is 5.91 Å². The molecular formula is C18H30N2O. The molecule has 0 aliphatic carbocycles. The molecule has 0 bridgehead atoms. The van der Waals surface area contributed by atoms with Gasteiger partial charge in [-0.2, -0.15) is 0 Å². The predicted molar refractivity (Wildman–Crippen MR) is 90.0 cm³/mol. The Kier molecular flexibility index (Phi) is 8.56. The van der Waals surface area contributed by atoms with Crippen molar-refractivity contribution < 1.29 is 4.79 Å². The fourth-order valence-corrected chi connectivity index (χ4v) is 2.42. The first-order valence-electron chi connectivity index (χ1n) is 8.25. The Morgan fingerprint density at radius 1 is 1.10 bits per heavy atom. The fraction of sp³-hybridized carbons (Fsp3) is 0.611. The molecule has 21 heavy (non-hydrogen) atoms. The van der Waals surface area contributed by atoms with Crippen LogP contribution in [0.2, 0.25) is 0 Å². The van der Waals surface area contributed by atoms with Crippen LogP contribution >= 0.6 is 0 Å². The lowest BCUT2D eigenvalue weighted by Gasteiger charge is -2.09. The van der Waals surface area contributed by atoms with Gasteiger partial charge in [-0.05, 0) is 30.5 Å². The number of anilines is 1. The number of hydrogen-bond acceptors (Lipinski definition) is 2. The Hall–Kier alpha value is -1.51. The molecule has 1 rings (SSSR count). The highest BCUT2D eigenvalue weighted by Crippen LogP contribution is 2.15. The second-order valence-electron chi connectivity index (χ2n) is 5.78. The fourth-order valence-electron chi connectivity index (χ4n) is 2.42. The lowest BCUT2D eigenvalue weighted by atomic mass is 10.1. The van der Waals surface area contributed by atoms with Crippen molar-refractivity contribution in [1.82, 2.24) is 5.32 Å². The van der Waals surface area contributed by atoms with Gasteiger partial charge in [-0.15, -0.1) is 0 Å². The number of benzene rings is 1. The van der Waals surface area contributed by atoms with Crippen LogP contribution in [0.4, 0.5) is 5.69 Å². The van der Waals surface area contributed by atoms with Gasteiger partial charge in [-0.25, -0.2) is 0 Å². The van der Waals surface area contributed by atoms with E-state index in [1.165, 1.54) is 32.1 Å². The molecule has 0 spiro atoms. The summed E-state index contributed by atoms with van der Waals surface area (Å²) in [6.45, 7) is 4.80. The zero-order chi connectivity index (χ0) is 15.5. The molecule has 0 aliphatic rings. The number of carbonyl (C=O) groups is 1. The van der Waals surface area contributed by atoms with Gasteiger partial charge in [-0.3, -0.25) is 4.79 Å². The molecular weight excluding hydrogens is 260 g/mol. The Morgan fingerprint density at radius 2 is 1.76 bits per heavy atom. The summed E-state index contributed by atoms with van der Waals surface area (Å²) in [6.07, 6.45) is 9.29. The molecule has 0 saturated heterocycles. The van der Waals surface area contributed by atoms with Crippen molar-refractivity contribution in [2.75, 3.05) is 5.73 Å². The largest absolute Gasteiger partial charge is 0.399 e. The molecule has 3 N–H and O–H groups in total. The second-order valence-corrected chi connectivity index (χ2v) is 5.78. The molecule has 1 amide bonds. The van der Waals surface area contributed by atoms with Crippen LogP contribution < -0.4 is 11.1 Å². The van der Waals surface area contributed by atoms with Gasteiger partial charge in [0.25, 0.3) is 0 Å². The SMILES string of the molecule is CCCCCCCCCC(=O)NCc1cccc(N)c1C. The molecule has 0 aliphatic heterocycles. The maximum atomic E-state index is 11.8. The van der Waals surface area contributed by atoms with E-state index in [1.54, 1.807) is 0 Å². The van der Waals surface area contributed by atoms with Crippen LogP contribution in [0.3, 0.4) is 0 Å². The highest BCUT2D eigenvalue weighted by molar-refractivity contribution is 5.75. The summed E-state index contributed by atoms with van der Waals surface area (Å²) in [6, 6.07) is 5.83. The molecule has 0 atom stereocenters. The van der Waals surface area contributed by atoms with Crippen LogP contribution in [-0.2, 0) is 11.3 Å². The standard InChI is InChI=1S/C18H30N2O/c1-3-4-5-6-7-8-9-13-18(21)20-14-16-11-10-12-17(19)15(16)2/h10-12H,3-9,13-14,19H2,1-2H3,(H,20,21). The minimum atomic E-state index is 0.144. The predicted octanol–water partition coefficient (Wildman–Crippen LogP) is 4.33. The van der Waals surface area contributed by atoms with Gasteiger partial charge in [0.05, 0.1) is 0 Å². The highest BCUT2D eigenvalue weighted by Gasteiger charge is 2.04. The smallest absolute Gasteiger partial charge is 0.220 e. The Balaban J connectivity index is 2.13. The molecule has 118 valence electrons. The molecule has 3 nitrogen and oxygen atoms in total. The van der Waals surface area contributed by atoms with Crippen LogP contribution in [0, 0.1) is 6.92 Å². The summed E-state index contributed by atoms with van der Waals surface area (Å²) in [7, 11) is 0. The number of nitrogens with one attached hydrogen (secondary N) is 1. The number of hydrogen-bond donors (Lipinski definition) is 2. The lowest BCUT2D eigenvalue weighted by molar-refractivity contribution is -0.121. The van der Waals surface area contributed by atoms with Gasteiger partial charge in [-0.1, -0.05) is 57.6 Å². The maximum Gasteiger partial charge on any atom is 0.220 e. The quantitative estimate of drug-likeness (QED) is 0.497. The van der Waals surface area contributed by atoms with E-state index in [2.05, 4.69) is 12.2 Å². The van der Waals surface area contributed by atoms with E-state index in [-0.39, 0.29) is 5.91 Å². The van der Waals surface area contributed by atoms with Crippen LogP contribution in [0.1, 0.15) is 69.4 Å². The number of nitrogens with two attached hydrogens (primary N) is 1. The molecule has 0 unspecified atom stereocenters. The van der Waals surface area contributed by atoms with E-state index in [9.17, 15) is 4.79 Å². The number of unbranched alkanes of at least 4 members (excludes halogenated alkanes) is 6. The van der Waals surface area contributed by atoms with Crippen LogP contribution in [0.25, 0.3) is 0 Å². The van der Waals surface area contributed by atoms with Gasteiger partial charge in [0, 0.05) is 18.7 Å². The molecule has 0 radical (unpaired) electrons. The van der Waals surface area contributed by atoms with Crippen molar-refractivity contribution in [3.8, 4) is 0 Å². The molecule has 1 aromatic rings. The molecule has 0 aromatic heterocycles. The summed E-state index contributed by atoms with van der Waals surface area (Å²) >= 11 is 0. The maximum absolute atomic E-state index is 11.8. The van der Waals surface area contributed by atoms with Gasteiger partial charge in [0.1, 0.15) is 0 Å². The third kappa shape index (κ3) is 7.16. The van der Waals surface area contributed by atoms with Gasteiger partial charge < -0.3 is 11.1 Å². The van der Waals surface area contributed by atoms with E-state index in [1.807, 2.05) is 25.1 Å². The molecule has 0 heterocycles. The van der Waals surface area contributed by atoms with Crippen molar-refractivity contribution in [2.45, 2.75) is 71.8 Å². The van der Waals surface area contributed by atoms with E-state index >= 15 is 0 Å². The van der Waals surface area contributed by atoms with Crippen LogP contribution in [0.5, 0.6) is 0 Å². The van der Waals surface area contributed by atoms with Crippen LogP contribution in [0.15, 0.2) is 18.2 Å². The van der Waals surface area contributed by atoms with Crippen molar-refractivity contribution in [1.29, 1.82) is 0 Å². The number of rotatable bonds is 10. The van der Waals surface area contributed by atoms with Crippen molar-refractivity contribution in [3.05, 3.63) is 29.3 Å². The third-order valence-corrected chi connectivity index (χ3v) is 3.97. The second kappa shape index (κ2) is 10.3. The number of amides is 1. The molecule has 1 aromatic carbocycles. The molecule has 3 heteroatoms. The van der Waals surface area contributed by atoms with Gasteiger partial charge >= 0.3 is 0 Å². The first-order chi connectivity index (χ1) is 10.1. The van der Waals surface area contributed by atoms with E-state index in [0.717, 1.165) is 29.7 Å². The topological polar surface area (TPSA) is 55.1 Å². The summed E-state index contributed by atoms with van der Waals surface area (Å²) in [5, 5.41) is 2.98. The summed E-state index contributed by atoms with van der Waals surface area (Å²) in [5.74, 6) is 0.144. The van der Waals surface area contributed by atoms with Gasteiger partial charge in [0.2, 0.25) is 5.91 Å². The monoisotopic (exact) mass is 290 g/mol. The number of carbonyl (C=O) groups excluding carboxylic acids is 1. The minimum absolute atomic E-state index is 0.144. The van der Waals surface area contributed by atoms with Crippen molar-refractivity contribution in [3.63, 3.8) is 0 Å². The summed E-state index contributed by atoms with van der Waals surface area (Å²) < 4.78 is 0. The Morgan fingerprint density at radius 3 is 2.48 bits per heavy atom. The van der Waals surface area contributed by atoms with E-state index < -0.39 is 0 Å². The average Bonchev–Trinajstić information content (AvgIpc) is 2.48. The lowest BCUT2D eigenvalue weighted by Crippen LogP contribution is -2.22. The number of nitrogen functional groups attached to an aromatic ring is 1. The first kappa shape index (κ1) is 17.5.